The predicted octanol–water partition coefficient (Wildman–Crippen LogP) is 1.96. The van der Waals surface area contributed by atoms with Crippen LogP contribution in [-0.4, -0.2) is 52.6 Å². The Morgan fingerprint density at radius 1 is 1.27 bits per heavy atom. The van der Waals surface area contributed by atoms with Gasteiger partial charge in [-0.3, -0.25) is 4.90 Å². The average molecular weight is 330 g/mol. The monoisotopic (exact) mass is 329 g/mol. The van der Waals surface area contributed by atoms with E-state index in [1.807, 2.05) is 6.07 Å². The van der Waals surface area contributed by atoms with Gasteiger partial charge in [-0.1, -0.05) is 17.7 Å². The highest BCUT2D eigenvalue weighted by atomic mass is 35.5. The zero-order valence-corrected chi connectivity index (χ0v) is 13.1. The van der Waals surface area contributed by atoms with Crippen molar-refractivity contribution in [2.75, 3.05) is 19.7 Å². The molecule has 3 rings (SSSR count). The second kappa shape index (κ2) is 6.42. The minimum absolute atomic E-state index is 0.143. The lowest BCUT2D eigenvalue weighted by atomic mass is 9.82. The molecule has 2 N–H and O–H groups in total. The summed E-state index contributed by atoms with van der Waals surface area (Å²) < 4.78 is 19.3. The summed E-state index contributed by atoms with van der Waals surface area (Å²) in [7, 11) is 0. The Morgan fingerprint density at radius 3 is 2.64 bits per heavy atom. The number of rotatable bonds is 2. The molecule has 2 aliphatic heterocycles. The van der Waals surface area contributed by atoms with Gasteiger partial charge in [-0.05, 0) is 30.5 Å². The fourth-order valence-corrected chi connectivity index (χ4v) is 3.43. The zero-order chi connectivity index (χ0) is 15.7. The summed E-state index contributed by atoms with van der Waals surface area (Å²) in [6.45, 7) is 2.53. The summed E-state index contributed by atoms with van der Waals surface area (Å²) in [6, 6.07) is 4.90. The highest BCUT2D eigenvalue weighted by molar-refractivity contribution is 6.30. The first-order chi connectivity index (χ1) is 10.5. The lowest BCUT2D eigenvalue weighted by molar-refractivity contribution is -0.188. The van der Waals surface area contributed by atoms with E-state index in [1.54, 1.807) is 6.07 Å². The Labute approximate surface area is 134 Å². The molecule has 4 nitrogen and oxygen atoms in total. The number of nitrogens with zero attached hydrogens (tertiary/aromatic N) is 1. The van der Waals surface area contributed by atoms with Gasteiger partial charge in [-0.25, -0.2) is 4.39 Å². The molecular formula is C16H21ClFNO3. The highest BCUT2D eigenvalue weighted by Crippen LogP contribution is 2.35. The molecule has 0 radical (unpaired) electrons. The minimum Gasteiger partial charge on any atom is -0.390 e. The van der Waals surface area contributed by atoms with Crippen LogP contribution in [0, 0.1) is 5.82 Å². The summed E-state index contributed by atoms with van der Waals surface area (Å²) in [4.78, 5) is 2.24. The molecule has 1 aromatic carbocycles. The van der Waals surface area contributed by atoms with Crippen LogP contribution in [0.25, 0.3) is 0 Å². The predicted molar refractivity (Wildman–Crippen MR) is 81.2 cm³/mol. The van der Waals surface area contributed by atoms with Crippen LogP contribution in [0.3, 0.4) is 0 Å². The Balaban J connectivity index is 1.56. The summed E-state index contributed by atoms with van der Waals surface area (Å²) in [5.74, 6) is -0.389. The molecule has 122 valence electrons. The summed E-state index contributed by atoms with van der Waals surface area (Å²) in [5.41, 5.74) is 0.582. The van der Waals surface area contributed by atoms with Crippen LogP contribution in [0.2, 0.25) is 5.02 Å². The maximum absolute atomic E-state index is 13.5. The molecule has 0 aliphatic carbocycles. The number of hydrogen-bond donors (Lipinski definition) is 2. The van der Waals surface area contributed by atoms with Gasteiger partial charge in [0.05, 0.1) is 23.3 Å². The van der Waals surface area contributed by atoms with Crippen molar-refractivity contribution in [3.8, 4) is 0 Å². The Morgan fingerprint density at radius 2 is 2.00 bits per heavy atom. The number of halogens is 2. The quantitative estimate of drug-likeness (QED) is 0.871. The summed E-state index contributed by atoms with van der Waals surface area (Å²) in [6.07, 6.45) is 0.628. The molecule has 0 saturated carbocycles. The first-order valence-electron chi connectivity index (χ1n) is 7.64. The summed E-state index contributed by atoms with van der Waals surface area (Å²) >= 11 is 5.70. The number of likely N-dealkylation sites (tertiary alicyclic amines) is 1. The van der Waals surface area contributed by atoms with Crippen molar-refractivity contribution in [3.63, 3.8) is 0 Å². The van der Waals surface area contributed by atoms with E-state index in [1.165, 1.54) is 6.07 Å². The number of aliphatic hydroxyl groups excluding tert-OH is 2. The molecule has 0 amide bonds. The molecule has 1 spiro atoms. The molecule has 0 bridgehead atoms. The highest BCUT2D eigenvalue weighted by Gasteiger charge is 2.42. The largest absolute Gasteiger partial charge is 0.390 e. The first-order valence-corrected chi connectivity index (χ1v) is 8.02. The van der Waals surface area contributed by atoms with E-state index >= 15 is 0 Å². The first kappa shape index (κ1) is 16.1. The van der Waals surface area contributed by atoms with E-state index in [0.717, 1.165) is 31.5 Å². The van der Waals surface area contributed by atoms with E-state index in [-0.39, 0.29) is 23.0 Å². The van der Waals surface area contributed by atoms with Crippen molar-refractivity contribution in [2.45, 2.75) is 43.6 Å². The molecular weight excluding hydrogens is 309 g/mol. The lowest BCUT2D eigenvalue weighted by Gasteiger charge is -2.46. The van der Waals surface area contributed by atoms with E-state index < -0.39 is 12.2 Å². The Kier molecular flexibility index (Phi) is 4.71. The van der Waals surface area contributed by atoms with Crippen LogP contribution in [0.5, 0.6) is 0 Å². The van der Waals surface area contributed by atoms with E-state index in [9.17, 15) is 14.6 Å². The van der Waals surface area contributed by atoms with Crippen molar-refractivity contribution in [1.29, 1.82) is 0 Å². The number of piperidine rings is 1. The number of hydrogen-bond acceptors (Lipinski definition) is 4. The maximum Gasteiger partial charge on any atom is 0.142 e. The number of aliphatic hydroxyl groups is 2. The molecule has 2 aliphatic rings. The second-order valence-corrected chi connectivity index (χ2v) is 6.76. The van der Waals surface area contributed by atoms with Gasteiger partial charge >= 0.3 is 0 Å². The molecule has 1 aromatic rings. The lowest BCUT2D eigenvalue weighted by Crippen LogP contribution is -2.54. The number of ether oxygens (including phenoxy) is 1. The summed E-state index contributed by atoms with van der Waals surface area (Å²) in [5, 5.41) is 19.6. The van der Waals surface area contributed by atoms with Crippen molar-refractivity contribution >= 4 is 11.6 Å². The van der Waals surface area contributed by atoms with Crippen molar-refractivity contribution in [2.24, 2.45) is 0 Å². The molecule has 2 atom stereocenters. The van der Waals surface area contributed by atoms with Gasteiger partial charge in [-0.2, -0.15) is 0 Å². The van der Waals surface area contributed by atoms with Crippen molar-refractivity contribution in [3.05, 3.63) is 34.6 Å². The Hall–Kier alpha value is -0.720. The number of benzene rings is 1. The average Bonchev–Trinajstić information content (AvgIpc) is 2.50. The van der Waals surface area contributed by atoms with Gasteiger partial charge in [0.2, 0.25) is 0 Å². The van der Waals surface area contributed by atoms with Crippen molar-refractivity contribution in [1.82, 2.24) is 4.90 Å². The van der Waals surface area contributed by atoms with E-state index in [4.69, 9.17) is 16.3 Å². The molecule has 2 fully saturated rings. The van der Waals surface area contributed by atoms with Crippen LogP contribution in [0.4, 0.5) is 4.39 Å². The van der Waals surface area contributed by atoms with Crippen LogP contribution in [0.1, 0.15) is 24.8 Å². The van der Waals surface area contributed by atoms with Crippen LogP contribution < -0.4 is 0 Å². The minimum atomic E-state index is -0.777. The molecule has 6 heteroatoms. The van der Waals surface area contributed by atoms with E-state index in [0.29, 0.717) is 13.0 Å². The molecule has 2 saturated heterocycles. The molecule has 2 heterocycles. The van der Waals surface area contributed by atoms with Gasteiger partial charge in [0.1, 0.15) is 11.9 Å². The molecule has 0 unspecified atom stereocenters. The third-order valence-electron chi connectivity index (χ3n) is 4.74. The normalized spacial score (nSPS) is 28.9. The fraction of sp³-hybridized carbons (Fsp3) is 0.625. The van der Waals surface area contributed by atoms with Gasteiger partial charge in [0.25, 0.3) is 0 Å². The SMILES string of the molecule is O[C@@H]1CC2(CCN(Cc3ccc(Cl)c(F)c3)CC2)OC[C@@H]1O. The van der Waals surface area contributed by atoms with Crippen molar-refractivity contribution < 1.29 is 19.3 Å². The topological polar surface area (TPSA) is 52.9 Å². The van der Waals surface area contributed by atoms with Crippen LogP contribution in [-0.2, 0) is 11.3 Å². The molecule has 0 aromatic heterocycles. The fourth-order valence-electron chi connectivity index (χ4n) is 3.31. The molecule has 22 heavy (non-hydrogen) atoms. The van der Waals surface area contributed by atoms with E-state index in [2.05, 4.69) is 4.90 Å². The van der Waals surface area contributed by atoms with Gasteiger partial charge in [-0.15, -0.1) is 0 Å². The van der Waals surface area contributed by atoms with Gasteiger partial charge in [0.15, 0.2) is 0 Å². The maximum atomic E-state index is 13.5. The van der Waals surface area contributed by atoms with Crippen LogP contribution >= 0.6 is 11.6 Å². The third kappa shape index (κ3) is 3.44. The zero-order valence-electron chi connectivity index (χ0n) is 12.3. The third-order valence-corrected chi connectivity index (χ3v) is 5.05. The standard InChI is InChI=1S/C16H21ClFNO3/c17-12-2-1-11(7-13(12)18)9-19-5-3-16(4-6-19)8-14(20)15(21)10-22-16/h1-2,7,14-15,20-21H,3-6,8-10H2/t14-,15+/m1/s1. The Bertz CT molecular complexity index is 534. The van der Waals surface area contributed by atoms with Crippen LogP contribution in [0.15, 0.2) is 18.2 Å². The smallest absolute Gasteiger partial charge is 0.142 e. The second-order valence-electron chi connectivity index (χ2n) is 6.36. The van der Waals surface area contributed by atoms with Gasteiger partial charge in [0, 0.05) is 26.1 Å². The van der Waals surface area contributed by atoms with Gasteiger partial charge < -0.3 is 14.9 Å².